The third-order valence-corrected chi connectivity index (χ3v) is 3.46. The molecule has 1 heterocycles. The van der Waals surface area contributed by atoms with Crippen molar-refractivity contribution in [3.05, 3.63) is 18.0 Å². The quantitative estimate of drug-likeness (QED) is 0.507. The molecular formula is C13H27N5. The van der Waals surface area contributed by atoms with Gasteiger partial charge in [-0.2, -0.15) is 5.10 Å². The Morgan fingerprint density at radius 3 is 2.61 bits per heavy atom. The highest BCUT2D eigenvalue weighted by Gasteiger charge is 2.09. The Labute approximate surface area is 110 Å². The van der Waals surface area contributed by atoms with E-state index < -0.39 is 0 Å². The molecule has 0 amide bonds. The first kappa shape index (κ1) is 15.1. The summed E-state index contributed by atoms with van der Waals surface area (Å²) >= 11 is 0. The second-order valence-electron chi connectivity index (χ2n) is 4.74. The maximum Gasteiger partial charge on any atom is 0.0521 e. The molecule has 0 aliphatic heterocycles. The molecule has 0 aromatic carbocycles. The SMILES string of the molecule is CCN(CC)CCC(CCc1cnn(C)c1)NN. The molecule has 5 heteroatoms. The van der Waals surface area contributed by atoms with E-state index in [1.165, 1.54) is 5.56 Å². The normalized spacial score (nSPS) is 13.2. The van der Waals surface area contributed by atoms with Crippen molar-refractivity contribution < 1.29 is 0 Å². The average molecular weight is 253 g/mol. The lowest BCUT2D eigenvalue weighted by Crippen LogP contribution is -2.38. The number of rotatable bonds is 9. The highest BCUT2D eigenvalue weighted by molar-refractivity contribution is 5.03. The van der Waals surface area contributed by atoms with Crippen molar-refractivity contribution >= 4 is 0 Å². The van der Waals surface area contributed by atoms with E-state index >= 15 is 0 Å². The average Bonchev–Trinajstić information content (AvgIpc) is 2.80. The molecule has 1 rings (SSSR count). The van der Waals surface area contributed by atoms with Crippen LogP contribution < -0.4 is 11.3 Å². The van der Waals surface area contributed by atoms with Crippen molar-refractivity contribution in [3.63, 3.8) is 0 Å². The van der Waals surface area contributed by atoms with Gasteiger partial charge in [-0.15, -0.1) is 0 Å². The van der Waals surface area contributed by atoms with Gasteiger partial charge in [0.2, 0.25) is 0 Å². The first-order valence-corrected chi connectivity index (χ1v) is 6.85. The van der Waals surface area contributed by atoms with Crippen LogP contribution in [0.25, 0.3) is 0 Å². The number of nitrogens with two attached hydrogens (primary N) is 1. The van der Waals surface area contributed by atoms with Gasteiger partial charge in [-0.25, -0.2) is 0 Å². The summed E-state index contributed by atoms with van der Waals surface area (Å²) in [5, 5.41) is 4.18. The summed E-state index contributed by atoms with van der Waals surface area (Å²) in [6.45, 7) is 7.72. The van der Waals surface area contributed by atoms with E-state index in [-0.39, 0.29) is 0 Å². The first-order valence-electron chi connectivity index (χ1n) is 6.85. The van der Waals surface area contributed by atoms with E-state index in [0.29, 0.717) is 6.04 Å². The minimum atomic E-state index is 0.380. The Morgan fingerprint density at radius 1 is 1.39 bits per heavy atom. The van der Waals surface area contributed by atoms with Crippen molar-refractivity contribution in [3.8, 4) is 0 Å². The maximum atomic E-state index is 5.62. The van der Waals surface area contributed by atoms with Crippen LogP contribution in [0.2, 0.25) is 0 Å². The standard InChI is InChI=1S/C13H27N5/c1-4-18(5-2)9-8-13(16-14)7-6-12-10-15-17(3)11-12/h10-11,13,16H,4-9,14H2,1-3H3. The Balaban J connectivity index is 2.28. The zero-order valence-corrected chi connectivity index (χ0v) is 11.9. The highest BCUT2D eigenvalue weighted by atomic mass is 15.2. The van der Waals surface area contributed by atoms with Crippen LogP contribution in [0.1, 0.15) is 32.3 Å². The summed E-state index contributed by atoms with van der Waals surface area (Å²) in [7, 11) is 1.95. The molecule has 18 heavy (non-hydrogen) atoms. The third kappa shape index (κ3) is 5.16. The van der Waals surface area contributed by atoms with Crippen LogP contribution in [0.4, 0.5) is 0 Å². The number of aryl methyl sites for hydroxylation is 2. The van der Waals surface area contributed by atoms with Gasteiger partial charge >= 0.3 is 0 Å². The molecule has 0 radical (unpaired) electrons. The minimum Gasteiger partial charge on any atom is -0.304 e. The second-order valence-corrected chi connectivity index (χ2v) is 4.74. The van der Waals surface area contributed by atoms with Gasteiger partial charge in [0.25, 0.3) is 0 Å². The number of hydrogen-bond acceptors (Lipinski definition) is 4. The summed E-state index contributed by atoms with van der Waals surface area (Å²) in [6, 6.07) is 0.380. The van der Waals surface area contributed by atoms with Crippen LogP contribution in [0.3, 0.4) is 0 Å². The molecule has 0 fully saturated rings. The summed E-state index contributed by atoms with van der Waals surface area (Å²) in [5.41, 5.74) is 4.21. The zero-order chi connectivity index (χ0) is 13.4. The smallest absolute Gasteiger partial charge is 0.0521 e. The lowest BCUT2D eigenvalue weighted by atomic mass is 10.1. The Bertz CT molecular complexity index is 319. The molecule has 0 bridgehead atoms. The number of aromatic nitrogens is 2. The Kier molecular flexibility index (Phi) is 6.93. The molecule has 0 saturated heterocycles. The van der Waals surface area contributed by atoms with Gasteiger partial charge in [-0.1, -0.05) is 13.8 Å². The summed E-state index contributed by atoms with van der Waals surface area (Å²) < 4.78 is 1.84. The number of nitrogens with one attached hydrogen (secondary N) is 1. The van der Waals surface area contributed by atoms with Crippen LogP contribution in [-0.4, -0.2) is 40.4 Å². The fraction of sp³-hybridized carbons (Fsp3) is 0.769. The first-order chi connectivity index (χ1) is 8.69. The fourth-order valence-corrected chi connectivity index (χ4v) is 2.13. The molecule has 104 valence electrons. The van der Waals surface area contributed by atoms with E-state index in [0.717, 1.165) is 38.9 Å². The van der Waals surface area contributed by atoms with E-state index in [9.17, 15) is 0 Å². The van der Waals surface area contributed by atoms with Crippen LogP contribution in [0.15, 0.2) is 12.4 Å². The molecule has 1 aromatic heterocycles. The largest absolute Gasteiger partial charge is 0.304 e. The van der Waals surface area contributed by atoms with Crippen LogP contribution >= 0.6 is 0 Å². The van der Waals surface area contributed by atoms with Gasteiger partial charge in [-0.05, 0) is 44.5 Å². The fourth-order valence-electron chi connectivity index (χ4n) is 2.13. The maximum absolute atomic E-state index is 5.62. The van der Waals surface area contributed by atoms with Gasteiger partial charge in [0.05, 0.1) is 6.20 Å². The third-order valence-electron chi connectivity index (χ3n) is 3.46. The molecule has 0 aliphatic carbocycles. The number of nitrogens with zero attached hydrogens (tertiary/aromatic N) is 3. The monoisotopic (exact) mass is 253 g/mol. The van der Waals surface area contributed by atoms with Crippen molar-refractivity contribution in [2.24, 2.45) is 12.9 Å². The number of hydrazine groups is 1. The van der Waals surface area contributed by atoms with Gasteiger partial charge in [-0.3, -0.25) is 16.0 Å². The summed E-state index contributed by atoms with van der Waals surface area (Å²) in [4.78, 5) is 2.43. The van der Waals surface area contributed by atoms with Crippen LogP contribution in [0, 0.1) is 0 Å². The Hall–Kier alpha value is -0.910. The summed E-state index contributed by atoms with van der Waals surface area (Å²) in [5.74, 6) is 5.62. The second kappa shape index (κ2) is 8.24. The van der Waals surface area contributed by atoms with E-state index in [1.54, 1.807) is 0 Å². The Morgan fingerprint density at radius 2 is 2.11 bits per heavy atom. The molecule has 5 nitrogen and oxygen atoms in total. The van der Waals surface area contributed by atoms with Gasteiger partial charge in [0.15, 0.2) is 0 Å². The van der Waals surface area contributed by atoms with E-state index in [1.807, 2.05) is 17.9 Å². The minimum absolute atomic E-state index is 0.380. The molecule has 0 aliphatic rings. The van der Waals surface area contributed by atoms with Crippen LogP contribution in [-0.2, 0) is 13.5 Å². The predicted molar refractivity (Wildman–Crippen MR) is 75.0 cm³/mol. The van der Waals surface area contributed by atoms with E-state index in [4.69, 9.17) is 5.84 Å². The van der Waals surface area contributed by atoms with Crippen LogP contribution in [0.5, 0.6) is 0 Å². The van der Waals surface area contributed by atoms with Gasteiger partial charge in [0.1, 0.15) is 0 Å². The topological polar surface area (TPSA) is 59.1 Å². The van der Waals surface area contributed by atoms with Gasteiger partial charge in [0, 0.05) is 19.3 Å². The predicted octanol–water partition coefficient (Wildman–Crippen LogP) is 0.917. The zero-order valence-electron chi connectivity index (χ0n) is 11.9. The molecule has 0 saturated carbocycles. The molecule has 3 N–H and O–H groups in total. The summed E-state index contributed by atoms with van der Waals surface area (Å²) in [6.07, 6.45) is 7.18. The lowest BCUT2D eigenvalue weighted by Gasteiger charge is -2.22. The van der Waals surface area contributed by atoms with Gasteiger partial charge < -0.3 is 4.90 Å². The highest BCUT2D eigenvalue weighted by Crippen LogP contribution is 2.07. The van der Waals surface area contributed by atoms with Crippen molar-refractivity contribution in [2.75, 3.05) is 19.6 Å². The molecule has 1 unspecified atom stereocenters. The molecule has 1 aromatic rings. The van der Waals surface area contributed by atoms with Crippen molar-refractivity contribution in [1.29, 1.82) is 0 Å². The molecule has 1 atom stereocenters. The lowest BCUT2D eigenvalue weighted by molar-refractivity contribution is 0.278. The molecule has 0 spiro atoms. The van der Waals surface area contributed by atoms with Crippen molar-refractivity contribution in [2.45, 2.75) is 39.2 Å². The van der Waals surface area contributed by atoms with E-state index in [2.05, 4.69) is 35.5 Å². The van der Waals surface area contributed by atoms with Crippen molar-refractivity contribution in [1.82, 2.24) is 20.1 Å². The molecular weight excluding hydrogens is 226 g/mol. The number of hydrogen-bond donors (Lipinski definition) is 2.